The lowest BCUT2D eigenvalue weighted by molar-refractivity contribution is -0.0448. The van der Waals surface area contributed by atoms with Crippen molar-refractivity contribution < 1.29 is 19.4 Å². The molecule has 3 atom stereocenters. The molecule has 3 aliphatic rings. The highest BCUT2D eigenvalue weighted by molar-refractivity contribution is 6.00. The van der Waals surface area contributed by atoms with Gasteiger partial charge in [-0.1, -0.05) is 12.1 Å². The number of amides is 1. The molecule has 0 bridgehead atoms. The van der Waals surface area contributed by atoms with Crippen molar-refractivity contribution >= 4 is 11.6 Å². The molecule has 4 rings (SSSR count). The van der Waals surface area contributed by atoms with Crippen molar-refractivity contribution in [1.29, 1.82) is 0 Å². The summed E-state index contributed by atoms with van der Waals surface area (Å²) in [5, 5.41) is 9.49. The second-order valence-corrected chi connectivity index (χ2v) is 7.11. The lowest BCUT2D eigenvalue weighted by Crippen LogP contribution is -2.51. The Hall–Kier alpha value is -1.63. The average molecular weight is 346 g/mol. The van der Waals surface area contributed by atoms with Gasteiger partial charge in [0.05, 0.1) is 37.5 Å². The second-order valence-electron chi connectivity index (χ2n) is 7.11. The number of fused-ring (bicyclic) bond motifs is 1. The van der Waals surface area contributed by atoms with Gasteiger partial charge in [-0.2, -0.15) is 0 Å². The molecule has 136 valence electrons. The molecule has 1 saturated carbocycles. The number of rotatable bonds is 3. The SMILES string of the molecule is O=C(c1ccccc1N1CCOCC1)N1CCO[C@H]2C[C@H](CO)C[C@@H]21. The lowest BCUT2D eigenvalue weighted by Gasteiger charge is -2.38. The van der Waals surface area contributed by atoms with Crippen LogP contribution in [0.25, 0.3) is 0 Å². The number of carbonyl (C=O) groups excluding carboxylic acids is 1. The van der Waals surface area contributed by atoms with Crippen LogP contribution in [-0.2, 0) is 9.47 Å². The highest BCUT2D eigenvalue weighted by Crippen LogP contribution is 2.35. The number of aliphatic hydroxyl groups is 1. The molecule has 0 unspecified atom stereocenters. The van der Waals surface area contributed by atoms with Crippen LogP contribution < -0.4 is 4.90 Å². The van der Waals surface area contributed by atoms with Crippen LogP contribution in [0.5, 0.6) is 0 Å². The Morgan fingerprint density at radius 2 is 1.92 bits per heavy atom. The Balaban J connectivity index is 1.58. The number of hydrogen-bond donors (Lipinski definition) is 1. The first-order valence-corrected chi connectivity index (χ1v) is 9.23. The minimum atomic E-state index is 0.0606. The average Bonchev–Trinajstić information content (AvgIpc) is 3.11. The predicted octanol–water partition coefficient (Wildman–Crippen LogP) is 1.14. The number of morpholine rings is 2. The number of carbonyl (C=O) groups is 1. The number of benzene rings is 1. The smallest absolute Gasteiger partial charge is 0.256 e. The molecule has 1 aliphatic carbocycles. The summed E-state index contributed by atoms with van der Waals surface area (Å²) in [5.41, 5.74) is 1.76. The van der Waals surface area contributed by atoms with Crippen molar-refractivity contribution in [3.05, 3.63) is 29.8 Å². The van der Waals surface area contributed by atoms with Crippen LogP contribution in [-0.4, -0.2) is 74.1 Å². The van der Waals surface area contributed by atoms with Gasteiger partial charge in [-0.15, -0.1) is 0 Å². The number of para-hydroxylation sites is 1. The standard InChI is InChI=1S/C19H26N2O4/c22-13-14-11-17-18(12-14)25-10-7-21(17)19(23)15-3-1-2-4-16(15)20-5-8-24-9-6-20/h1-4,14,17-18,22H,5-13H2/t14-,17+,18+/m1/s1. The molecular formula is C19H26N2O4. The fraction of sp³-hybridized carbons (Fsp3) is 0.632. The molecule has 2 heterocycles. The van der Waals surface area contributed by atoms with Crippen molar-refractivity contribution in [2.24, 2.45) is 5.92 Å². The number of aliphatic hydroxyl groups excluding tert-OH is 1. The van der Waals surface area contributed by atoms with Gasteiger partial charge in [0, 0.05) is 31.9 Å². The lowest BCUT2D eigenvalue weighted by atomic mass is 10.1. The number of nitrogens with zero attached hydrogens (tertiary/aromatic N) is 2. The Morgan fingerprint density at radius 1 is 1.12 bits per heavy atom. The molecule has 1 amide bonds. The largest absolute Gasteiger partial charge is 0.396 e. The van der Waals surface area contributed by atoms with Gasteiger partial charge >= 0.3 is 0 Å². The zero-order valence-corrected chi connectivity index (χ0v) is 14.5. The van der Waals surface area contributed by atoms with Gasteiger partial charge in [0.2, 0.25) is 0 Å². The number of hydrogen-bond acceptors (Lipinski definition) is 5. The highest BCUT2D eigenvalue weighted by atomic mass is 16.5. The Kier molecular flexibility index (Phi) is 4.92. The summed E-state index contributed by atoms with van der Waals surface area (Å²) in [4.78, 5) is 17.6. The number of ether oxygens (including phenoxy) is 2. The van der Waals surface area contributed by atoms with Gasteiger partial charge in [-0.25, -0.2) is 0 Å². The number of anilines is 1. The minimum absolute atomic E-state index is 0.0606. The Bertz CT molecular complexity index is 617. The molecule has 1 aromatic rings. The van der Waals surface area contributed by atoms with E-state index in [4.69, 9.17) is 9.47 Å². The van der Waals surface area contributed by atoms with Crippen LogP contribution in [0.3, 0.4) is 0 Å². The van der Waals surface area contributed by atoms with Gasteiger partial charge in [-0.05, 0) is 30.9 Å². The van der Waals surface area contributed by atoms with Crippen molar-refractivity contribution in [2.75, 3.05) is 51.0 Å². The molecule has 0 spiro atoms. The zero-order chi connectivity index (χ0) is 17.2. The maximum Gasteiger partial charge on any atom is 0.256 e. The third-order valence-electron chi connectivity index (χ3n) is 5.64. The van der Waals surface area contributed by atoms with Crippen LogP contribution in [0.15, 0.2) is 24.3 Å². The van der Waals surface area contributed by atoms with Gasteiger partial charge in [-0.3, -0.25) is 4.79 Å². The van der Waals surface area contributed by atoms with E-state index in [0.717, 1.165) is 37.2 Å². The maximum atomic E-state index is 13.4. The molecule has 1 N–H and O–H groups in total. The molecule has 0 aromatic heterocycles. The molecule has 6 nitrogen and oxygen atoms in total. The minimum Gasteiger partial charge on any atom is -0.396 e. The first kappa shape index (κ1) is 16.8. The van der Waals surface area contributed by atoms with E-state index < -0.39 is 0 Å². The van der Waals surface area contributed by atoms with E-state index in [2.05, 4.69) is 4.90 Å². The third-order valence-corrected chi connectivity index (χ3v) is 5.64. The first-order valence-electron chi connectivity index (χ1n) is 9.23. The van der Waals surface area contributed by atoms with Crippen LogP contribution in [0.4, 0.5) is 5.69 Å². The fourth-order valence-electron chi connectivity index (χ4n) is 4.34. The first-order chi connectivity index (χ1) is 12.3. The van der Waals surface area contributed by atoms with Crippen molar-refractivity contribution in [2.45, 2.75) is 25.0 Å². The summed E-state index contributed by atoms with van der Waals surface area (Å²) >= 11 is 0. The van der Waals surface area contributed by atoms with E-state index in [9.17, 15) is 9.90 Å². The molecule has 2 aliphatic heterocycles. The monoisotopic (exact) mass is 346 g/mol. The molecule has 1 aromatic carbocycles. The summed E-state index contributed by atoms with van der Waals surface area (Å²) in [6.07, 6.45) is 1.73. The van der Waals surface area contributed by atoms with Crippen LogP contribution in [0.1, 0.15) is 23.2 Å². The summed E-state index contributed by atoms with van der Waals surface area (Å²) in [6.45, 7) is 4.38. The summed E-state index contributed by atoms with van der Waals surface area (Å²) in [6, 6.07) is 7.95. The topological polar surface area (TPSA) is 62.2 Å². The van der Waals surface area contributed by atoms with E-state index in [1.54, 1.807) is 0 Å². The maximum absolute atomic E-state index is 13.4. The highest BCUT2D eigenvalue weighted by Gasteiger charge is 2.43. The summed E-state index contributed by atoms with van der Waals surface area (Å²) in [5.74, 6) is 0.317. The molecule has 2 saturated heterocycles. The molecule has 6 heteroatoms. The fourth-order valence-corrected chi connectivity index (χ4v) is 4.34. The summed E-state index contributed by atoms with van der Waals surface area (Å²) < 4.78 is 11.3. The molecule has 0 radical (unpaired) electrons. The van der Waals surface area contributed by atoms with Crippen molar-refractivity contribution in [3.63, 3.8) is 0 Å². The Labute approximate surface area is 148 Å². The van der Waals surface area contributed by atoms with E-state index in [-0.39, 0.29) is 30.6 Å². The van der Waals surface area contributed by atoms with Gasteiger partial charge in [0.15, 0.2) is 0 Å². The van der Waals surface area contributed by atoms with Crippen LogP contribution in [0, 0.1) is 5.92 Å². The third kappa shape index (κ3) is 3.26. The second kappa shape index (κ2) is 7.32. The van der Waals surface area contributed by atoms with Crippen molar-refractivity contribution in [1.82, 2.24) is 4.90 Å². The van der Waals surface area contributed by atoms with E-state index in [1.165, 1.54) is 0 Å². The normalized spacial score (nSPS) is 29.6. The van der Waals surface area contributed by atoms with Gasteiger partial charge in [0.1, 0.15) is 0 Å². The molecular weight excluding hydrogens is 320 g/mol. The Morgan fingerprint density at radius 3 is 2.72 bits per heavy atom. The quantitative estimate of drug-likeness (QED) is 0.889. The van der Waals surface area contributed by atoms with E-state index in [0.29, 0.717) is 26.4 Å². The van der Waals surface area contributed by atoms with E-state index >= 15 is 0 Å². The van der Waals surface area contributed by atoms with Gasteiger partial charge in [0.25, 0.3) is 5.91 Å². The zero-order valence-electron chi connectivity index (χ0n) is 14.5. The van der Waals surface area contributed by atoms with Crippen molar-refractivity contribution in [3.8, 4) is 0 Å². The van der Waals surface area contributed by atoms with Crippen LogP contribution in [0.2, 0.25) is 0 Å². The predicted molar refractivity (Wildman–Crippen MR) is 93.8 cm³/mol. The van der Waals surface area contributed by atoms with E-state index in [1.807, 2.05) is 29.2 Å². The molecule has 25 heavy (non-hydrogen) atoms. The van der Waals surface area contributed by atoms with Crippen LogP contribution >= 0.6 is 0 Å². The summed E-state index contributed by atoms with van der Waals surface area (Å²) in [7, 11) is 0. The van der Waals surface area contributed by atoms with Gasteiger partial charge < -0.3 is 24.4 Å². The molecule has 3 fully saturated rings.